The van der Waals surface area contributed by atoms with E-state index in [1.54, 1.807) is 48.5 Å². The highest BCUT2D eigenvalue weighted by Gasteiger charge is 2.27. The minimum absolute atomic E-state index is 0.0776. The number of nitrogens with zero attached hydrogens (tertiary/aromatic N) is 2. The van der Waals surface area contributed by atoms with Crippen LogP contribution < -0.4 is 19.2 Å². The number of hydrogen-bond donors (Lipinski definition) is 1. The van der Waals surface area contributed by atoms with Crippen LogP contribution in [0.2, 0.25) is 0 Å². The van der Waals surface area contributed by atoms with Crippen LogP contribution in [0.3, 0.4) is 0 Å². The summed E-state index contributed by atoms with van der Waals surface area (Å²) in [5.41, 5.74) is 5.32. The van der Waals surface area contributed by atoms with Crippen LogP contribution in [0.25, 0.3) is 0 Å². The Balaban J connectivity index is 1.48. The minimum Gasteiger partial charge on any atom is -0.493 e. The van der Waals surface area contributed by atoms with Gasteiger partial charge in [0.2, 0.25) is 0 Å². The lowest BCUT2D eigenvalue weighted by Crippen LogP contribution is -2.39. The number of benzene rings is 4. The van der Waals surface area contributed by atoms with E-state index in [1.165, 1.54) is 25.5 Å². The average molecular weight is 701 g/mol. The Morgan fingerprint density at radius 1 is 0.976 bits per heavy atom. The average Bonchev–Trinajstić information content (AvgIpc) is 2.96. The van der Waals surface area contributed by atoms with E-state index in [0.717, 1.165) is 19.9 Å². The van der Waals surface area contributed by atoms with Gasteiger partial charge in [-0.3, -0.25) is 9.10 Å². The molecule has 41 heavy (non-hydrogen) atoms. The molecule has 0 saturated heterocycles. The van der Waals surface area contributed by atoms with Crippen molar-refractivity contribution in [2.45, 2.75) is 18.4 Å². The molecule has 4 rings (SSSR count). The zero-order chi connectivity index (χ0) is 29.4. The Morgan fingerprint density at radius 3 is 2.32 bits per heavy atom. The van der Waals surface area contributed by atoms with Crippen molar-refractivity contribution in [1.82, 2.24) is 5.43 Å². The zero-order valence-electron chi connectivity index (χ0n) is 22.3. The number of nitrogens with one attached hydrogen (secondary N) is 1. The molecule has 0 unspecified atom stereocenters. The molecule has 0 atom stereocenters. The van der Waals surface area contributed by atoms with Gasteiger partial charge in [-0.2, -0.15) is 5.10 Å². The van der Waals surface area contributed by atoms with E-state index < -0.39 is 22.5 Å². The quantitative estimate of drug-likeness (QED) is 0.143. The number of halogens is 2. The first kappa shape index (κ1) is 30.3. The van der Waals surface area contributed by atoms with Crippen molar-refractivity contribution in [3.05, 3.63) is 117 Å². The van der Waals surface area contributed by atoms with Crippen molar-refractivity contribution in [1.29, 1.82) is 0 Å². The molecule has 8 nitrogen and oxygen atoms in total. The Kier molecular flexibility index (Phi) is 10.2. The Labute approximate surface area is 256 Å². The van der Waals surface area contributed by atoms with Gasteiger partial charge in [-0.1, -0.05) is 64.0 Å². The standard InChI is InChI=1S/C30H27Br2N3O5S/c1-21-8-14-26(15-9-21)41(37,38)35(25-12-10-24(31)11-13-25)19-29(36)34-33-18-23-16-27(32)30(28(17-23)39-2)40-20-22-6-4-3-5-7-22/h3-18H,19-20H2,1-2H3,(H,34,36)/b33-18-. The van der Waals surface area contributed by atoms with Crippen LogP contribution in [-0.4, -0.2) is 34.2 Å². The second-order valence-electron chi connectivity index (χ2n) is 8.90. The molecular formula is C30H27Br2N3O5S. The minimum atomic E-state index is -4.03. The number of rotatable bonds is 11. The lowest BCUT2D eigenvalue weighted by Gasteiger charge is -2.23. The normalized spacial score (nSPS) is 11.3. The van der Waals surface area contributed by atoms with Crippen molar-refractivity contribution < 1.29 is 22.7 Å². The molecule has 0 heterocycles. The van der Waals surface area contributed by atoms with Gasteiger partial charge in [-0.05, 0) is 82.5 Å². The highest BCUT2D eigenvalue weighted by molar-refractivity contribution is 9.10. The summed E-state index contributed by atoms with van der Waals surface area (Å²) < 4.78 is 40.9. The summed E-state index contributed by atoms with van der Waals surface area (Å²) in [7, 11) is -2.50. The summed E-state index contributed by atoms with van der Waals surface area (Å²) in [6.07, 6.45) is 1.44. The van der Waals surface area contributed by atoms with Gasteiger partial charge in [-0.15, -0.1) is 0 Å². The third-order valence-corrected chi connectivity index (χ3v) is 8.80. The Hall–Kier alpha value is -3.67. The number of carbonyl (C=O) groups excluding carboxylic acids is 1. The molecule has 0 radical (unpaired) electrons. The van der Waals surface area contributed by atoms with Crippen molar-refractivity contribution in [3.8, 4) is 11.5 Å². The fourth-order valence-corrected chi connectivity index (χ4v) is 6.05. The molecule has 0 bridgehead atoms. The van der Waals surface area contributed by atoms with Crippen LogP contribution in [0.5, 0.6) is 11.5 Å². The number of sulfonamides is 1. The van der Waals surface area contributed by atoms with E-state index >= 15 is 0 Å². The predicted octanol–water partition coefficient (Wildman–Crippen LogP) is 6.45. The molecule has 0 aromatic heterocycles. The first-order chi connectivity index (χ1) is 19.7. The van der Waals surface area contributed by atoms with E-state index in [4.69, 9.17) is 9.47 Å². The first-order valence-electron chi connectivity index (χ1n) is 12.4. The number of amides is 1. The lowest BCUT2D eigenvalue weighted by molar-refractivity contribution is -0.119. The molecule has 4 aromatic carbocycles. The molecule has 0 aliphatic rings. The summed E-state index contributed by atoms with van der Waals surface area (Å²) in [4.78, 5) is 13.0. The third-order valence-electron chi connectivity index (χ3n) is 5.89. The Morgan fingerprint density at radius 2 is 1.66 bits per heavy atom. The largest absolute Gasteiger partial charge is 0.493 e. The van der Waals surface area contributed by atoms with E-state index in [2.05, 4.69) is 42.4 Å². The lowest BCUT2D eigenvalue weighted by atomic mass is 10.2. The SMILES string of the molecule is COc1cc(/C=N\NC(=O)CN(c2ccc(Br)cc2)S(=O)(=O)c2ccc(C)cc2)cc(Br)c1OCc1ccccc1. The van der Waals surface area contributed by atoms with Gasteiger partial charge >= 0.3 is 0 Å². The van der Waals surface area contributed by atoms with Crippen LogP contribution in [0.4, 0.5) is 5.69 Å². The summed E-state index contributed by atoms with van der Waals surface area (Å²) >= 11 is 6.87. The van der Waals surface area contributed by atoms with Gasteiger partial charge in [0.1, 0.15) is 13.2 Å². The number of anilines is 1. The molecule has 4 aromatic rings. The number of carbonyl (C=O) groups is 1. The fraction of sp³-hybridized carbons (Fsp3) is 0.133. The van der Waals surface area contributed by atoms with E-state index in [1.807, 2.05) is 37.3 Å². The molecule has 1 N–H and O–H groups in total. The number of methoxy groups -OCH3 is 1. The van der Waals surface area contributed by atoms with Gasteiger partial charge in [-0.25, -0.2) is 13.8 Å². The van der Waals surface area contributed by atoms with E-state index in [9.17, 15) is 13.2 Å². The van der Waals surface area contributed by atoms with Gasteiger partial charge in [0, 0.05) is 4.47 Å². The second-order valence-corrected chi connectivity index (χ2v) is 12.5. The zero-order valence-corrected chi connectivity index (χ0v) is 26.2. The van der Waals surface area contributed by atoms with Gasteiger partial charge < -0.3 is 9.47 Å². The number of ether oxygens (including phenoxy) is 2. The number of hydrazone groups is 1. The molecule has 0 spiro atoms. The molecular weight excluding hydrogens is 674 g/mol. The molecule has 0 saturated carbocycles. The maximum absolute atomic E-state index is 13.5. The maximum Gasteiger partial charge on any atom is 0.264 e. The highest BCUT2D eigenvalue weighted by atomic mass is 79.9. The second kappa shape index (κ2) is 13.8. The van der Waals surface area contributed by atoms with E-state index in [-0.39, 0.29) is 4.90 Å². The molecule has 1 amide bonds. The first-order valence-corrected chi connectivity index (χ1v) is 15.4. The van der Waals surface area contributed by atoms with Crippen molar-refractivity contribution in [2.24, 2.45) is 5.10 Å². The highest BCUT2D eigenvalue weighted by Crippen LogP contribution is 2.37. The van der Waals surface area contributed by atoms with Crippen LogP contribution >= 0.6 is 31.9 Å². The Bertz CT molecular complexity index is 1630. The van der Waals surface area contributed by atoms with Crippen LogP contribution in [0, 0.1) is 6.92 Å². The summed E-state index contributed by atoms with van der Waals surface area (Å²) in [6, 6.07) is 26.4. The summed E-state index contributed by atoms with van der Waals surface area (Å²) in [6.45, 7) is 1.75. The molecule has 212 valence electrons. The molecule has 11 heteroatoms. The summed E-state index contributed by atoms with van der Waals surface area (Å²) in [5.74, 6) is 0.395. The van der Waals surface area contributed by atoms with Crippen LogP contribution in [-0.2, 0) is 21.4 Å². The third kappa shape index (κ3) is 7.96. The van der Waals surface area contributed by atoms with Crippen molar-refractivity contribution in [3.63, 3.8) is 0 Å². The fourth-order valence-electron chi connectivity index (χ4n) is 3.79. The number of aryl methyl sites for hydroxylation is 1. The van der Waals surface area contributed by atoms with Gasteiger partial charge in [0.15, 0.2) is 11.5 Å². The van der Waals surface area contributed by atoms with Crippen LogP contribution in [0.1, 0.15) is 16.7 Å². The maximum atomic E-state index is 13.5. The van der Waals surface area contributed by atoms with Crippen molar-refractivity contribution >= 4 is 59.7 Å². The number of hydrogen-bond acceptors (Lipinski definition) is 6. The van der Waals surface area contributed by atoms with Crippen LogP contribution in [0.15, 0.2) is 110 Å². The topological polar surface area (TPSA) is 97.3 Å². The van der Waals surface area contributed by atoms with Gasteiger partial charge in [0.05, 0.1) is 28.4 Å². The smallest absolute Gasteiger partial charge is 0.264 e. The predicted molar refractivity (Wildman–Crippen MR) is 167 cm³/mol. The van der Waals surface area contributed by atoms with Gasteiger partial charge in [0.25, 0.3) is 15.9 Å². The van der Waals surface area contributed by atoms with E-state index in [0.29, 0.717) is 33.8 Å². The molecule has 0 aliphatic heterocycles. The molecule has 0 fully saturated rings. The monoisotopic (exact) mass is 699 g/mol. The molecule has 0 aliphatic carbocycles. The van der Waals surface area contributed by atoms with Crippen molar-refractivity contribution in [2.75, 3.05) is 18.0 Å². The summed E-state index contributed by atoms with van der Waals surface area (Å²) in [5, 5.41) is 4.04.